The zero-order valence-corrected chi connectivity index (χ0v) is 17.1. The van der Waals surface area contributed by atoms with Crippen molar-refractivity contribution < 1.29 is 9.90 Å². The second-order valence-corrected chi connectivity index (χ2v) is 10.4. The molecule has 7 atom stereocenters. The minimum absolute atomic E-state index is 0.0637. The van der Waals surface area contributed by atoms with Gasteiger partial charge in [0.05, 0.1) is 6.10 Å². The highest BCUT2D eigenvalue weighted by atomic mass is 32.1. The zero-order chi connectivity index (χ0) is 17.8. The molecule has 0 aromatic carbocycles. The van der Waals surface area contributed by atoms with Crippen LogP contribution in [0.25, 0.3) is 0 Å². The molecule has 0 aromatic heterocycles. The second-order valence-electron chi connectivity index (χ2n) is 9.35. The lowest BCUT2D eigenvalue weighted by molar-refractivity contribution is -0.132. The summed E-state index contributed by atoms with van der Waals surface area (Å²) in [4.78, 5) is 12.6. The third kappa shape index (κ3) is 2.77. The van der Waals surface area contributed by atoms with Crippen LogP contribution in [0.2, 0.25) is 0 Å². The smallest absolute Gasteiger partial charge is 0.139 e. The molecule has 4 aliphatic rings. The average Bonchev–Trinajstić information content (AvgIpc) is 2.90. The predicted molar refractivity (Wildman–Crippen MR) is 108 cm³/mol. The van der Waals surface area contributed by atoms with Crippen molar-refractivity contribution in [1.82, 2.24) is 0 Å². The largest absolute Gasteiger partial charge is 0.393 e. The topological polar surface area (TPSA) is 37.3 Å². The molecule has 0 heterocycles. The lowest BCUT2D eigenvalue weighted by atomic mass is 9.46. The molecule has 4 rings (SSSR count). The normalized spacial score (nSPS) is 47.5. The van der Waals surface area contributed by atoms with Crippen LogP contribution in [0.5, 0.6) is 0 Å². The minimum atomic E-state index is -0.174. The first-order chi connectivity index (χ1) is 11.9. The highest BCUT2D eigenvalue weighted by Crippen LogP contribution is 2.65. The molecule has 2 nitrogen and oxygen atoms in total. The number of rotatable bonds is 3. The van der Waals surface area contributed by atoms with E-state index in [1.165, 1.54) is 12.0 Å². The van der Waals surface area contributed by atoms with Gasteiger partial charge in [0.25, 0.3) is 0 Å². The molecule has 0 bridgehead atoms. The summed E-state index contributed by atoms with van der Waals surface area (Å²) in [5, 5.41) is 10.6. The number of ketones is 1. The molecular formula is C21H32O2S2. The van der Waals surface area contributed by atoms with Crippen LogP contribution in [0.15, 0.2) is 11.6 Å². The Balaban J connectivity index is 1.71. The highest BCUT2D eigenvalue weighted by Gasteiger charge is 2.59. The number of thiol groups is 2. The molecule has 1 N–H and O–H groups in total. The molecule has 0 aromatic rings. The lowest BCUT2D eigenvalue weighted by Gasteiger charge is -2.58. The van der Waals surface area contributed by atoms with Crippen LogP contribution in [0.4, 0.5) is 0 Å². The number of hydrogen-bond acceptors (Lipinski definition) is 4. The van der Waals surface area contributed by atoms with Gasteiger partial charge >= 0.3 is 0 Å². The SMILES string of the molecule is C[C@]12CC[C@@H]3[C@@H](CC=C4CC(O)CC[C@@]43CC(S)CS)[C@@H]1CCC2=O. The molecule has 25 heavy (non-hydrogen) atoms. The molecule has 0 amide bonds. The number of carbonyl (C=O) groups excluding carboxylic acids is 1. The lowest BCUT2D eigenvalue weighted by Crippen LogP contribution is -2.52. The predicted octanol–water partition coefficient (Wildman–Crippen LogP) is 4.48. The van der Waals surface area contributed by atoms with Gasteiger partial charge in [-0.3, -0.25) is 4.79 Å². The van der Waals surface area contributed by atoms with Gasteiger partial charge in [-0.1, -0.05) is 18.6 Å². The van der Waals surface area contributed by atoms with E-state index in [2.05, 4.69) is 25.6 Å². The summed E-state index contributed by atoms with van der Waals surface area (Å²) >= 11 is 9.32. The van der Waals surface area contributed by atoms with Crippen molar-refractivity contribution in [3.63, 3.8) is 0 Å². The number of carbonyl (C=O) groups is 1. The van der Waals surface area contributed by atoms with E-state index in [1.54, 1.807) is 0 Å². The van der Waals surface area contributed by atoms with E-state index in [1.807, 2.05) is 0 Å². The minimum Gasteiger partial charge on any atom is -0.393 e. The fourth-order valence-corrected chi connectivity index (χ4v) is 7.53. The Bertz CT molecular complexity index is 588. The number of allylic oxidation sites excluding steroid dienone is 1. The quantitative estimate of drug-likeness (QED) is 0.499. The molecule has 3 fully saturated rings. The number of hydrogen-bond donors (Lipinski definition) is 3. The number of Topliss-reactive ketones (excluding diaryl/α,β-unsaturated/α-hetero) is 1. The van der Waals surface area contributed by atoms with Gasteiger partial charge in [-0.2, -0.15) is 25.3 Å². The van der Waals surface area contributed by atoms with E-state index in [9.17, 15) is 9.90 Å². The van der Waals surface area contributed by atoms with Crippen LogP contribution < -0.4 is 0 Å². The maximum Gasteiger partial charge on any atom is 0.139 e. The van der Waals surface area contributed by atoms with Crippen molar-refractivity contribution in [3.8, 4) is 0 Å². The van der Waals surface area contributed by atoms with Crippen LogP contribution in [0.3, 0.4) is 0 Å². The Hall–Kier alpha value is 0.0700. The molecule has 2 unspecified atom stereocenters. The first kappa shape index (κ1) is 18.4. The number of aliphatic hydroxyl groups is 1. The molecular weight excluding hydrogens is 348 g/mol. The Labute approximate surface area is 163 Å². The van der Waals surface area contributed by atoms with Crippen LogP contribution >= 0.6 is 25.3 Å². The van der Waals surface area contributed by atoms with E-state index in [0.717, 1.165) is 57.1 Å². The average molecular weight is 381 g/mol. The first-order valence-corrected chi connectivity index (χ1v) is 11.3. The maximum absolute atomic E-state index is 12.6. The Morgan fingerprint density at radius 2 is 2.08 bits per heavy atom. The van der Waals surface area contributed by atoms with Crippen molar-refractivity contribution in [2.24, 2.45) is 28.6 Å². The molecule has 0 spiro atoms. The van der Waals surface area contributed by atoms with Crippen LogP contribution in [-0.2, 0) is 4.79 Å². The maximum atomic E-state index is 12.6. The fourth-order valence-electron chi connectivity index (χ4n) is 7.08. The van der Waals surface area contributed by atoms with Gasteiger partial charge in [-0.05, 0) is 74.5 Å². The monoisotopic (exact) mass is 380 g/mol. The van der Waals surface area contributed by atoms with Gasteiger partial charge in [0.2, 0.25) is 0 Å². The summed E-state index contributed by atoms with van der Waals surface area (Å²) in [5.74, 6) is 3.19. The third-order valence-corrected chi connectivity index (χ3v) is 9.42. The number of aliphatic hydroxyl groups excluding tert-OH is 1. The summed E-state index contributed by atoms with van der Waals surface area (Å²) in [6, 6.07) is 0. The summed E-state index contributed by atoms with van der Waals surface area (Å²) in [6.45, 7) is 2.24. The molecule has 4 heteroatoms. The first-order valence-electron chi connectivity index (χ1n) is 10.1. The Morgan fingerprint density at radius 3 is 2.84 bits per heavy atom. The van der Waals surface area contributed by atoms with E-state index in [0.29, 0.717) is 28.8 Å². The van der Waals surface area contributed by atoms with Gasteiger partial charge < -0.3 is 5.11 Å². The number of fused-ring (bicyclic) bond motifs is 5. The van der Waals surface area contributed by atoms with Gasteiger partial charge in [0.15, 0.2) is 0 Å². The zero-order valence-electron chi connectivity index (χ0n) is 15.3. The molecule has 140 valence electrons. The van der Waals surface area contributed by atoms with E-state index in [4.69, 9.17) is 12.6 Å². The molecule has 3 saturated carbocycles. The van der Waals surface area contributed by atoms with Crippen molar-refractivity contribution >= 4 is 31.0 Å². The van der Waals surface area contributed by atoms with Gasteiger partial charge in [0, 0.05) is 22.8 Å². The highest BCUT2D eigenvalue weighted by molar-refractivity contribution is 7.84. The van der Waals surface area contributed by atoms with Gasteiger partial charge in [-0.15, -0.1) is 0 Å². The van der Waals surface area contributed by atoms with E-state index < -0.39 is 0 Å². The van der Waals surface area contributed by atoms with Crippen molar-refractivity contribution in [2.45, 2.75) is 76.1 Å². The standard InChI is InChI=1S/C21H32O2S2/c1-20-8-7-18-16(17(20)4-5-19(20)23)3-2-13-10-14(22)6-9-21(13,18)11-15(25)12-24/h2,14-18,22,24-25H,3-12H2,1H3/t14?,15?,16-,17-,18+,20-,21+/m0/s1. The van der Waals surface area contributed by atoms with Crippen molar-refractivity contribution in [2.75, 3.05) is 5.75 Å². The second kappa shape index (κ2) is 6.60. The Morgan fingerprint density at radius 1 is 1.28 bits per heavy atom. The fraction of sp³-hybridized carbons (Fsp3) is 0.857. The van der Waals surface area contributed by atoms with Crippen LogP contribution in [-0.4, -0.2) is 28.0 Å². The van der Waals surface area contributed by atoms with Crippen molar-refractivity contribution in [1.29, 1.82) is 0 Å². The van der Waals surface area contributed by atoms with Crippen LogP contribution in [0.1, 0.15) is 64.7 Å². The third-order valence-electron chi connectivity index (χ3n) is 8.32. The molecule has 0 saturated heterocycles. The van der Waals surface area contributed by atoms with Crippen LogP contribution in [0, 0.1) is 28.6 Å². The summed E-state index contributed by atoms with van der Waals surface area (Å²) in [7, 11) is 0. The van der Waals surface area contributed by atoms with Gasteiger partial charge in [0.1, 0.15) is 5.78 Å². The molecule has 4 aliphatic carbocycles. The molecule has 0 aliphatic heterocycles. The van der Waals surface area contributed by atoms with Crippen molar-refractivity contribution in [3.05, 3.63) is 11.6 Å². The van der Waals surface area contributed by atoms with E-state index in [-0.39, 0.29) is 16.9 Å². The summed E-state index contributed by atoms with van der Waals surface area (Å²) in [5.41, 5.74) is 1.64. The Kier molecular flexibility index (Phi) is 4.86. The van der Waals surface area contributed by atoms with Gasteiger partial charge in [-0.25, -0.2) is 0 Å². The summed E-state index contributed by atoms with van der Waals surface area (Å²) < 4.78 is 0. The summed E-state index contributed by atoms with van der Waals surface area (Å²) in [6.07, 6.45) is 11.4. The van der Waals surface area contributed by atoms with E-state index >= 15 is 0 Å². The molecule has 0 radical (unpaired) electrons.